The van der Waals surface area contributed by atoms with Gasteiger partial charge in [0.15, 0.2) is 5.96 Å². The van der Waals surface area contributed by atoms with Gasteiger partial charge >= 0.3 is 12.7 Å². The van der Waals surface area contributed by atoms with Gasteiger partial charge in [-0.05, 0) is 38.5 Å². The summed E-state index contributed by atoms with van der Waals surface area (Å²) in [7, 11) is 1.42. The van der Waals surface area contributed by atoms with Gasteiger partial charge in [0.2, 0.25) is 0 Å². The van der Waals surface area contributed by atoms with E-state index in [0.717, 1.165) is 12.3 Å². The van der Waals surface area contributed by atoms with E-state index in [4.69, 9.17) is 4.74 Å². The van der Waals surface area contributed by atoms with Crippen molar-refractivity contribution in [3.8, 4) is 5.75 Å². The first kappa shape index (κ1) is 23.4. The van der Waals surface area contributed by atoms with Gasteiger partial charge in [0.25, 0.3) is 0 Å². The molecule has 0 bridgehead atoms. The van der Waals surface area contributed by atoms with Crippen LogP contribution >= 0.6 is 0 Å². The van der Waals surface area contributed by atoms with Gasteiger partial charge in [-0.1, -0.05) is 6.07 Å². The summed E-state index contributed by atoms with van der Waals surface area (Å²) in [6.07, 6.45) is -2.21. The zero-order valence-electron chi connectivity index (χ0n) is 17.0. The Labute approximate surface area is 171 Å². The molecule has 0 aliphatic rings. The van der Waals surface area contributed by atoms with Crippen molar-refractivity contribution < 1.29 is 26.7 Å². The standard InChI is InChI=1S/C19H24F5N5O/c1-18(2,3)30-13-6-5-12(14(9-13)19(22,23)24)10-27-17(25-4)28-11-15-26-7-8-29(15)16(20)21/h5-9,16H,10-11H2,1-4H3,(H2,25,27,28). The van der Waals surface area contributed by atoms with Gasteiger partial charge in [0.05, 0.1) is 12.1 Å². The molecule has 1 aromatic carbocycles. The minimum Gasteiger partial charge on any atom is -0.488 e. The van der Waals surface area contributed by atoms with E-state index in [9.17, 15) is 22.0 Å². The van der Waals surface area contributed by atoms with Crippen LogP contribution in [-0.4, -0.2) is 28.2 Å². The van der Waals surface area contributed by atoms with Crippen LogP contribution in [-0.2, 0) is 19.3 Å². The molecule has 0 radical (unpaired) electrons. The molecular weight excluding hydrogens is 409 g/mol. The fourth-order valence-corrected chi connectivity index (χ4v) is 2.61. The highest BCUT2D eigenvalue weighted by Crippen LogP contribution is 2.35. The molecule has 0 spiro atoms. The summed E-state index contributed by atoms with van der Waals surface area (Å²) in [5, 5.41) is 5.50. The van der Waals surface area contributed by atoms with Gasteiger partial charge in [-0.3, -0.25) is 9.56 Å². The summed E-state index contributed by atoms with van der Waals surface area (Å²) in [5.74, 6) is 0.314. The zero-order chi connectivity index (χ0) is 22.5. The molecule has 0 aliphatic heterocycles. The smallest absolute Gasteiger partial charge is 0.416 e. The molecule has 0 saturated heterocycles. The first-order valence-electron chi connectivity index (χ1n) is 9.04. The number of rotatable bonds is 6. The highest BCUT2D eigenvalue weighted by atomic mass is 19.4. The third kappa shape index (κ3) is 6.60. The summed E-state index contributed by atoms with van der Waals surface area (Å²) in [4.78, 5) is 7.72. The molecule has 11 heteroatoms. The molecular formula is C19H24F5N5O. The minimum absolute atomic E-state index is 0.0132. The van der Waals surface area contributed by atoms with Crippen molar-refractivity contribution in [2.24, 2.45) is 4.99 Å². The van der Waals surface area contributed by atoms with Gasteiger partial charge in [0.1, 0.15) is 17.2 Å². The number of benzene rings is 1. The average Bonchev–Trinajstić information content (AvgIpc) is 3.09. The summed E-state index contributed by atoms with van der Waals surface area (Å²) < 4.78 is 72.5. The topological polar surface area (TPSA) is 63.5 Å². The fraction of sp³-hybridized carbons (Fsp3) is 0.474. The maximum Gasteiger partial charge on any atom is 0.416 e. The fourth-order valence-electron chi connectivity index (χ4n) is 2.61. The SMILES string of the molecule is CN=C(NCc1ccc(OC(C)(C)C)cc1C(F)(F)F)NCc1nccn1C(F)F. The van der Waals surface area contributed by atoms with E-state index in [2.05, 4.69) is 20.6 Å². The number of alkyl halides is 5. The molecule has 0 fully saturated rings. The van der Waals surface area contributed by atoms with Gasteiger partial charge in [-0.25, -0.2) is 4.98 Å². The quantitative estimate of drug-likeness (QED) is 0.404. The molecule has 0 unspecified atom stereocenters. The normalized spacial score (nSPS) is 12.9. The molecule has 0 atom stereocenters. The molecule has 1 aromatic heterocycles. The Bertz CT molecular complexity index is 871. The average molecular weight is 433 g/mol. The van der Waals surface area contributed by atoms with Crippen LogP contribution in [0.3, 0.4) is 0 Å². The molecule has 2 rings (SSSR count). The zero-order valence-corrected chi connectivity index (χ0v) is 17.0. The summed E-state index contributed by atoms with van der Waals surface area (Å²) in [6.45, 7) is 2.21. The molecule has 2 aromatic rings. The van der Waals surface area contributed by atoms with Crippen molar-refractivity contribution in [1.29, 1.82) is 0 Å². The van der Waals surface area contributed by atoms with Gasteiger partial charge in [0, 0.05) is 26.0 Å². The third-order valence-electron chi connectivity index (χ3n) is 3.85. The molecule has 166 valence electrons. The van der Waals surface area contributed by atoms with Crippen molar-refractivity contribution in [1.82, 2.24) is 20.2 Å². The first-order chi connectivity index (χ1) is 13.9. The van der Waals surface area contributed by atoms with Crippen LogP contribution in [0, 0.1) is 0 Å². The van der Waals surface area contributed by atoms with Crippen molar-refractivity contribution in [3.63, 3.8) is 0 Å². The number of imidazole rings is 1. The van der Waals surface area contributed by atoms with E-state index in [1.54, 1.807) is 20.8 Å². The van der Waals surface area contributed by atoms with Crippen molar-refractivity contribution in [2.45, 2.75) is 52.2 Å². The van der Waals surface area contributed by atoms with Crippen molar-refractivity contribution >= 4 is 5.96 Å². The van der Waals surface area contributed by atoms with E-state index in [-0.39, 0.29) is 36.2 Å². The first-order valence-corrected chi connectivity index (χ1v) is 9.04. The highest BCUT2D eigenvalue weighted by Gasteiger charge is 2.34. The summed E-state index contributed by atoms with van der Waals surface area (Å²) in [6, 6.07) is 3.75. The predicted molar refractivity (Wildman–Crippen MR) is 102 cm³/mol. The second-order valence-corrected chi connectivity index (χ2v) is 7.34. The van der Waals surface area contributed by atoms with Crippen molar-refractivity contribution in [3.05, 3.63) is 47.5 Å². The largest absolute Gasteiger partial charge is 0.488 e. The van der Waals surface area contributed by atoms with Crippen LogP contribution < -0.4 is 15.4 Å². The number of hydrogen-bond donors (Lipinski definition) is 2. The van der Waals surface area contributed by atoms with Crippen LogP contribution in [0.1, 0.15) is 44.3 Å². The molecule has 0 saturated carbocycles. The number of ether oxygens (including phenoxy) is 1. The molecule has 0 aliphatic carbocycles. The lowest BCUT2D eigenvalue weighted by molar-refractivity contribution is -0.138. The number of halogens is 5. The van der Waals surface area contributed by atoms with Gasteiger partial charge < -0.3 is 15.4 Å². The number of aliphatic imine (C=N–C) groups is 1. The number of nitrogens with zero attached hydrogens (tertiary/aromatic N) is 3. The van der Waals surface area contributed by atoms with Gasteiger partial charge in [-0.15, -0.1) is 0 Å². The van der Waals surface area contributed by atoms with E-state index in [0.29, 0.717) is 4.57 Å². The lowest BCUT2D eigenvalue weighted by atomic mass is 10.1. The number of hydrogen-bond acceptors (Lipinski definition) is 3. The molecule has 30 heavy (non-hydrogen) atoms. The maximum absolute atomic E-state index is 13.5. The van der Waals surface area contributed by atoms with E-state index in [1.807, 2.05) is 0 Å². The number of aromatic nitrogens is 2. The predicted octanol–water partition coefficient (Wildman–Crippen LogP) is 4.34. The Kier molecular flexibility index (Phi) is 7.27. The highest BCUT2D eigenvalue weighted by molar-refractivity contribution is 5.79. The van der Waals surface area contributed by atoms with Crippen LogP contribution in [0.2, 0.25) is 0 Å². The van der Waals surface area contributed by atoms with Crippen LogP contribution in [0.4, 0.5) is 22.0 Å². The Morgan fingerprint density at radius 3 is 2.40 bits per heavy atom. The molecule has 6 nitrogen and oxygen atoms in total. The Balaban J connectivity index is 2.09. The van der Waals surface area contributed by atoms with Crippen LogP contribution in [0.15, 0.2) is 35.6 Å². The summed E-state index contributed by atoms with van der Waals surface area (Å²) >= 11 is 0. The summed E-state index contributed by atoms with van der Waals surface area (Å²) in [5.41, 5.74) is -1.49. The number of guanidine groups is 1. The van der Waals surface area contributed by atoms with E-state index >= 15 is 0 Å². The minimum atomic E-state index is -4.58. The second kappa shape index (κ2) is 9.31. The maximum atomic E-state index is 13.5. The lowest BCUT2D eigenvalue weighted by Gasteiger charge is -2.23. The second-order valence-electron chi connectivity index (χ2n) is 7.34. The van der Waals surface area contributed by atoms with Crippen molar-refractivity contribution in [2.75, 3.05) is 7.05 Å². The van der Waals surface area contributed by atoms with Gasteiger partial charge in [-0.2, -0.15) is 22.0 Å². The molecule has 1 heterocycles. The molecule has 2 N–H and O–H groups in total. The Hall–Kier alpha value is -2.85. The van der Waals surface area contributed by atoms with Crippen LogP contribution in [0.25, 0.3) is 0 Å². The monoisotopic (exact) mass is 433 g/mol. The Morgan fingerprint density at radius 1 is 1.17 bits per heavy atom. The third-order valence-corrected chi connectivity index (χ3v) is 3.85. The van der Waals surface area contributed by atoms with E-state index < -0.39 is 23.9 Å². The van der Waals surface area contributed by atoms with Crippen LogP contribution in [0.5, 0.6) is 5.75 Å². The van der Waals surface area contributed by atoms with E-state index in [1.165, 1.54) is 25.4 Å². The lowest BCUT2D eigenvalue weighted by Crippen LogP contribution is -2.37. The number of nitrogens with one attached hydrogen (secondary N) is 2. The Morgan fingerprint density at radius 2 is 1.83 bits per heavy atom. The molecule has 0 amide bonds.